The van der Waals surface area contributed by atoms with Crippen LogP contribution < -0.4 is 20.1 Å². The van der Waals surface area contributed by atoms with Gasteiger partial charge >= 0.3 is 0 Å². The molecule has 0 radical (unpaired) electrons. The molecule has 31 heavy (non-hydrogen) atoms. The van der Waals surface area contributed by atoms with E-state index in [1.54, 1.807) is 26.1 Å². The highest BCUT2D eigenvalue weighted by atomic mass is 16.5. The first-order chi connectivity index (χ1) is 15.0. The number of hydrogen-bond acceptors (Lipinski definition) is 4. The summed E-state index contributed by atoms with van der Waals surface area (Å²) in [7, 11) is 5.16. The van der Waals surface area contributed by atoms with Crippen LogP contribution >= 0.6 is 0 Å². The van der Waals surface area contributed by atoms with Crippen LogP contribution in [0.25, 0.3) is 0 Å². The molecule has 1 amide bonds. The van der Waals surface area contributed by atoms with Gasteiger partial charge in [0.1, 0.15) is 11.5 Å². The third-order valence-electron chi connectivity index (χ3n) is 4.51. The molecule has 0 aliphatic carbocycles. The van der Waals surface area contributed by atoms with Gasteiger partial charge < -0.3 is 25.0 Å². The first-order valence-electron chi connectivity index (χ1n) is 10.6. The fourth-order valence-corrected chi connectivity index (χ4v) is 2.92. The summed E-state index contributed by atoms with van der Waals surface area (Å²) in [5.74, 6) is 2.37. The van der Waals surface area contributed by atoms with Crippen molar-refractivity contribution in [2.24, 2.45) is 4.99 Å². The second-order valence-corrected chi connectivity index (χ2v) is 7.22. The Morgan fingerprint density at radius 2 is 1.84 bits per heavy atom. The van der Waals surface area contributed by atoms with E-state index in [9.17, 15) is 4.79 Å². The van der Waals surface area contributed by atoms with Crippen LogP contribution in [0.1, 0.15) is 29.3 Å². The summed E-state index contributed by atoms with van der Waals surface area (Å²) < 4.78 is 11.0. The van der Waals surface area contributed by atoms with E-state index in [0.717, 1.165) is 49.0 Å². The van der Waals surface area contributed by atoms with Crippen molar-refractivity contribution in [3.05, 3.63) is 59.7 Å². The van der Waals surface area contributed by atoms with Crippen molar-refractivity contribution in [3.8, 4) is 11.5 Å². The highest BCUT2D eigenvalue weighted by molar-refractivity contribution is 5.94. The number of aliphatic imine (C=N–C) groups is 1. The molecule has 0 unspecified atom stereocenters. The Bertz CT molecular complexity index is 852. The minimum atomic E-state index is 0.0147. The zero-order chi connectivity index (χ0) is 22.5. The minimum absolute atomic E-state index is 0.0147. The van der Waals surface area contributed by atoms with Gasteiger partial charge in [0.15, 0.2) is 5.96 Å². The van der Waals surface area contributed by atoms with E-state index in [4.69, 9.17) is 9.47 Å². The Balaban J connectivity index is 1.77. The van der Waals surface area contributed by atoms with Crippen molar-refractivity contribution in [2.75, 3.05) is 47.4 Å². The molecule has 2 aromatic carbocycles. The van der Waals surface area contributed by atoms with E-state index in [1.807, 2.05) is 55.5 Å². The van der Waals surface area contributed by atoms with Crippen molar-refractivity contribution in [1.29, 1.82) is 0 Å². The molecule has 0 heterocycles. The molecule has 0 fully saturated rings. The van der Waals surface area contributed by atoms with E-state index in [2.05, 4.69) is 15.6 Å². The van der Waals surface area contributed by atoms with Crippen molar-refractivity contribution < 1.29 is 14.3 Å². The summed E-state index contributed by atoms with van der Waals surface area (Å²) in [6, 6.07) is 15.3. The SMILES string of the molecule is CCNC(=NCCCOc1cccc(OC)c1)NCCc1cccc(C(=O)N(C)C)c1. The zero-order valence-corrected chi connectivity index (χ0v) is 19.0. The van der Waals surface area contributed by atoms with Crippen molar-refractivity contribution in [2.45, 2.75) is 19.8 Å². The quantitative estimate of drug-likeness (QED) is 0.328. The average Bonchev–Trinajstić information content (AvgIpc) is 2.78. The van der Waals surface area contributed by atoms with Crippen LogP contribution in [0.3, 0.4) is 0 Å². The van der Waals surface area contributed by atoms with Gasteiger partial charge in [-0.2, -0.15) is 0 Å². The smallest absolute Gasteiger partial charge is 0.253 e. The lowest BCUT2D eigenvalue weighted by Gasteiger charge is -2.13. The Morgan fingerprint density at radius 1 is 1.06 bits per heavy atom. The Morgan fingerprint density at radius 3 is 2.58 bits per heavy atom. The van der Waals surface area contributed by atoms with Crippen LogP contribution in [-0.4, -0.2) is 64.2 Å². The maximum atomic E-state index is 12.1. The average molecular weight is 427 g/mol. The number of rotatable bonds is 11. The molecule has 168 valence electrons. The van der Waals surface area contributed by atoms with Gasteiger partial charge in [0.2, 0.25) is 0 Å². The number of hydrogen-bond donors (Lipinski definition) is 2. The van der Waals surface area contributed by atoms with Gasteiger partial charge in [-0.05, 0) is 43.2 Å². The molecule has 2 aromatic rings. The molecule has 0 aliphatic heterocycles. The number of ether oxygens (including phenoxy) is 2. The molecular weight excluding hydrogens is 392 g/mol. The lowest BCUT2D eigenvalue weighted by atomic mass is 10.1. The standard InChI is InChI=1S/C24H34N4O3/c1-5-25-24(26-14-8-16-31-22-12-7-11-21(18-22)30-4)27-15-13-19-9-6-10-20(17-19)23(29)28(2)3/h6-7,9-12,17-18H,5,8,13-16H2,1-4H3,(H2,25,26,27). The maximum absolute atomic E-state index is 12.1. The molecule has 2 N–H and O–H groups in total. The van der Waals surface area contributed by atoms with E-state index >= 15 is 0 Å². The Kier molecular flexibility index (Phi) is 10.2. The highest BCUT2D eigenvalue weighted by Gasteiger charge is 2.08. The van der Waals surface area contributed by atoms with Crippen LogP contribution in [0.15, 0.2) is 53.5 Å². The van der Waals surface area contributed by atoms with Gasteiger partial charge in [0.05, 0.1) is 13.7 Å². The van der Waals surface area contributed by atoms with Crippen LogP contribution in [0, 0.1) is 0 Å². The third-order valence-corrected chi connectivity index (χ3v) is 4.51. The number of carbonyl (C=O) groups is 1. The van der Waals surface area contributed by atoms with Crippen LogP contribution in [0.2, 0.25) is 0 Å². The van der Waals surface area contributed by atoms with E-state index in [1.165, 1.54) is 0 Å². The molecule has 0 aromatic heterocycles. The predicted octanol–water partition coefficient (Wildman–Crippen LogP) is 2.96. The predicted molar refractivity (Wildman–Crippen MR) is 125 cm³/mol. The van der Waals surface area contributed by atoms with E-state index < -0.39 is 0 Å². The second-order valence-electron chi connectivity index (χ2n) is 7.22. The maximum Gasteiger partial charge on any atom is 0.253 e. The molecule has 0 atom stereocenters. The number of carbonyl (C=O) groups excluding carboxylic acids is 1. The topological polar surface area (TPSA) is 75.2 Å². The normalized spacial score (nSPS) is 11.0. The number of methoxy groups -OCH3 is 1. The van der Waals surface area contributed by atoms with Gasteiger partial charge in [0, 0.05) is 51.8 Å². The molecular formula is C24H34N4O3. The largest absolute Gasteiger partial charge is 0.497 e. The molecule has 0 saturated heterocycles. The van der Waals surface area contributed by atoms with Gasteiger partial charge in [-0.1, -0.05) is 18.2 Å². The van der Waals surface area contributed by atoms with Gasteiger partial charge in [-0.3, -0.25) is 9.79 Å². The zero-order valence-electron chi connectivity index (χ0n) is 19.0. The van der Waals surface area contributed by atoms with Crippen molar-refractivity contribution in [3.63, 3.8) is 0 Å². The number of nitrogens with one attached hydrogen (secondary N) is 2. The number of amides is 1. The summed E-state index contributed by atoms with van der Waals surface area (Å²) in [6.07, 6.45) is 1.61. The van der Waals surface area contributed by atoms with E-state index in [0.29, 0.717) is 18.7 Å². The van der Waals surface area contributed by atoms with Crippen molar-refractivity contribution in [1.82, 2.24) is 15.5 Å². The summed E-state index contributed by atoms with van der Waals surface area (Å²) in [4.78, 5) is 18.3. The monoisotopic (exact) mass is 426 g/mol. The lowest BCUT2D eigenvalue weighted by molar-refractivity contribution is 0.0827. The lowest BCUT2D eigenvalue weighted by Crippen LogP contribution is -2.38. The first-order valence-corrected chi connectivity index (χ1v) is 10.6. The Labute approximate surface area is 185 Å². The minimum Gasteiger partial charge on any atom is -0.497 e. The summed E-state index contributed by atoms with van der Waals surface area (Å²) in [6.45, 7) is 4.80. The number of nitrogens with zero attached hydrogens (tertiary/aromatic N) is 2. The molecule has 7 heteroatoms. The van der Waals surface area contributed by atoms with Crippen LogP contribution in [0.5, 0.6) is 11.5 Å². The van der Waals surface area contributed by atoms with Crippen LogP contribution in [0.4, 0.5) is 0 Å². The van der Waals surface area contributed by atoms with Crippen LogP contribution in [-0.2, 0) is 6.42 Å². The fourth-order valence-electron chi connectivity index (χ4n) is 2.92. The molecule has 0 saturated carbocycles. The number of benzene rings is 2. The highest BCUT2D eigenvalue weighted by Crippen LogP contribution is 2.18. The molecule has 0 aliphatic rings. The molecule has 7 nitrogen and oxygen atoms in total. The third kappa shape index (κ3) is 8.58. The molecule has 0 bridgehead atoms. The summed E-state index contributed by atoms with van der Waals surface area (Å²) in [5, 5.41) is 6.61. The van der Waals surface area contributed by atoms with Gasteiger partial charge in [-0.15, -0.1) is 0 Å². The summed E-state index contributed by atoms with van der Waals surface area (Å²) >= 11 is 0. The fraction of sp³-hybridized carbons (Fsp3) is 0.417. The molecule has 2 rings (SSSR count). The van der Waals surface area contributed by atoms with Gasteiger partial charge in [0.25, 0.3) is 5.91 Å². The molecule has 0 spiro atoms. The van der Waals surface area contributed by atoms with E-state index in [-0.39, 0.29) is 5.91 Å². The number of guanidine groups is 1. The Hall–Kier alpha value is -3.22. The summed E-state index contributed by atoms with van der Waals surface area (Å²) in [5.41, 5.74) is 1.82. The first kappa shape index (κ1) is 24.1. The van der Waals surface area contributed by atoms with Gasteiger partial charge in [-0.25, -0.2) is 0 Å². The van der Waals surface area contributed by atoms with Crippen molar-refractivity contribution >= 4 is 11.9 Å². The second kappa shape index (κ2) is 13.2.